The monoisotopic (exact) mass is 422 g/mol. The van der Waals surface area contributed by atoms with Gasteiger partial charge in [0.05, 0.1) is 4.90 Å². The first-order valence-electron chi connectivity index (χ1n) is 8.06. The Morgan fingerprint density at radius 3 is 2.40 bits per heavy atom. The molecule has 2 aromatic carbocycles. The third-order valence-electron chi connectivity index (χ3n) is 4.24. The summed E-state index contributed by atoms with van der Waals surface area (Å²) in [6.45, 7) is 2.48. The van der Waals surface area contributed by atoms with Gasteiger partial charge in [-0.2, -0.15) is 0 Å². The molecule has 3 rings (SSSR count). The average molecular weight is 423 g/mol. The van der Waals surface area contributed by atoms with E-state index in [4.69, 9.17) is 0 Å². The van der Waals surface area contributed by atoms with Crippen LogP contribution in [0.2, 0.25) is 0 Å². The number of benzene rings is 2. The first-order valence-corrected chi connectivity index (χ1v) is 10.3. The SMILES string of the molecule is CC(NS(=O)(=O)c1ccc(N2CCCC2=O)cc1)c1ccccc1Br. The van der Waals surface area contributed by atoms with Crippen molar-refractivity contribution in [3.05, 3.63) is 58.6 Å². The Labute approximate surface area is 156 Å². The fourth-order valence-corrected chi connectivity index (χ4v) is 4.77. The van der Waals surface area contributed by atoms with Crippen molar-refractivity contribution in [3.63, 3.8) is 0 Å². The standard InChI is InChI=1S/C18H19BrN2O3S/c1-13(16-5-2-3-6-17(16)19)20-25(23,24)15-10-8-14(9-11-15)21-12-4-7-18(21)22/h2-3,5-6,8-11,13,20H,4,7,12H2,1H3. The lowest BCUT2D eigenvalue weighted by atomic mass is 10.1. The molecule has 5 nitrogen and oxygen atoms in total. The number of nitrogens with zero attached hydrogens (tertiary/aromatic N) is 1. The summed E-state index contributed by atoms with van der Waals surface area (Å²) in [5.74, 6) is 0.0799. The molecule has 0 aliphatic carbocycles. The van der Waals surface area contributed by atoms with E-state index in [0.717, 1.165) is 22.1 Å². The summed E-state index contributed by atoms with van der Waals surface area (Å²) in [6.07, 6.45) is 1.38. The molecule has 25 heavy (non-hydrogen) atoms. The molecule has 1 saturated heterocycles. The number of nitrogens with one attached hydrogen (secondary N) is 1. The number of anilines is 1. The molecule has 132 valence electrons. The molecule has 0 radical (unpaired) electrons. The highest BCUT2D eigenvalue weighted by atomic mass is 79.9. The zero-order valence-electron chi connectivity index (χ0n) is 13.8. The second-order valence-corrected chi connectivity index (χ2v) is 8.58. The third-order valence-corrected chi connectivity index (χ3v) is 6.51. The zero-order chi connectivity index (χ0) is 18.0. The topological polar surface area (TPSA) is 66.5 Å². The van der Waals surface area contributed by atoms with Crippen molar-refractivity contribution in [2.24, 2.45) is 0 Å². The van der Waals surface area contributed by atoms with Gasteiger partial charge in [0.25, 0.3) is 0 Å². The van der Waals surface area contributed by atoms with Gasteiger partial charge in [-0.1, -0.05) is 34.1 Å². The van der Waals surface area contributed by atoms with Crippen LogP contribution in [0, 0.1) is 0 Å². The highest BCUT2D eigenvalue weighted by Gasteiger charge is 2.23. The van der Waals surface area contributed by atoms with Gasteiger partial charge in [0.1, 0.15) is 0 Å². The van der Waals surface area contributed by atoms with Crippen LogP contribution in [-0.2, 0) is 14.8 Å². The molecule has 1 amide bonds. The van der Waals surface area contributed by atoms with Crippen molar-refractivity contribution in [2.45, 2.75) is 30.7 Å². The average Bonchev–Trinajstić information content (AvgIpc) is 3.01. The summed E-state index contributed by atoms with van der Waals surface area (Å²) in [4.78, 5) is 13.7. The Morgan fingerprint density at radius 1 is 1.12 bits per heavy atom. The molecular weight excluding hydrogens is 404 g/mol. The van der Waals surface area contributed by atoms with Crippen LogP contribution in [0.5, 0.6) is 0 Å². The number of carbonyl (C=O) groups is 1. The molecular formula is C18H19BrN2O3S. The van der Waals surface area contributed by atoms with E-state index in [2.05, 4.69) is 20.7 Å². The normalized spacial score (nSPS) is 16.2. The fraction of sp³-hybridized carbons (Fsp3) is 0.278. The van der Waals surface area contributed by atoms with Crippen LogP contribution in [0.3, 0.4) is 0 Å². The van der Waals surface area contributed by atoms with E-state index >= 15 is 0 Å². The maximum atomic E-state index is 12.6. The van der Waals surface area contributed by atoms with Crippen molar-refractivity contribution in [1.29, 1.82) is 0 Å². The minimum absolute atomic E-state index is 0.0799. The number of sulfonamides is 1. The zero-order valence-corrected chi connectivity index (χ0v) is 16.2. The minimum atomic E-state index is -3.65. The van der Waals surface area contributed by atoms with E-state index in [1.54, 1.807) is 24.0 Å². The quantitative estimate of drug-likeness (QED) is 0.799. The molecule has 1 aliphatic heterocycles. The van der Waals surface area contributed by atoms with Crippen LogP contribution >= 0.6 is 15.9 Å². The van der Waals surface area contributed by atoms with Gasteiger partial charge < -0.3 is 4.90 Å². The summed E-state index contributed by atoms with van der Waals surface area (Å²) < 4.78 is 28.8. The molecule has 0 spiro atoms. The summed E-state index contributed by atoms with van der Waals surface area (Å²) in [6, 6.07) is 13.6. The molecule has 1 N–H and O–H groups in total. The molecule has 0 saturated carbocycles. The second kappa shape index (κ2) is 7.27. The third kappa shape index (κ3) is 3.94. The van der Waals surface area contributed by atoms with E-state index in [1.165, 1.54) is 12.1 Å². The van der Waals surface area contributed by atoms with Crippen molar-refractivity contribution in [2.75, 3.05) is 11.4 Å². The summed E-state index contributed by atoms with van der Waals surface area (Å²) in [5, 5.41) is 0. The van der Waals surface area contributed by atoms with Gasteiger partial charge in [-0.15, -0.1) is 0 Å². The first kappa shape index (κ1) is 18.1. The number of rotatable bonds is 5. The van der Waals surface area contributed by atoms with Gasteiger partial charge in [0.15, 0.2) is 0 Å². The molecule has 2 aromatic rings. The van der Waals surface area contributed by atoms with Crippen molar-refractivity contribution in [1.82, 2.24) is 4.72 Å². The predicted molar refractivity (Wildman–Crippen MR) is 101 cm³/mol. The maximum absolute atomic E-state index is 12.6. The lowest BCUT2D eigenvalue weighted by Gasteiger charge is -2.18. The van der Waals surface area contributed by atoms with Crippen LogP contribution < -0.4 is 9.62 Å². The molecule has 1 aliphatic rings. The van der Waals surface area contributed by atoms with E-state index in [0.29, 0.717) is 13.0 Å². The molecule has 0 aromatic heterocycles. The van der Waals surface area contributed by atoms with Gasteiger partial charge in [-0.05, 0) is 49.2 Å². The number of hydrogen-bond donors (Lipinski definition) is 1. The van der Waals surface area contributed by atoms with Crippen LogP contribution in [-0.4, -0.2) is 20.9 Å². The predicted octanol–water partition coefficient (Wildman–Crippen LogP) is 3.62. The van der Waals surface area contributed by atoms with Crippen LogP contribution in [0.4, 0.5) is 5.69 Å². The minimum Gasteiger partial charge on any atom is -0.312 e. The van der Waals surface area contributed by atoms with Crippen LogP contribution in [0.15, 0.2) is 57.9 Å². The van der Waals surface area contributed by atoms with Gasteiger partial charge >= 0.3 is 0 Å². The number of amides is 1. The van der Waals surface area contributed by atoms with E-state index in [-0.39, 0.29) is 16.8 Å². The summed E-state index contributed by atoms with van der Waals surface area (Å²) in [7, 11) is -3.65. The van der Waals surface area contributed by atoms with Crippen LogP contribution in [0.1, 0.15) is 31.4 Å². The summed E-state index contributed by atoms with van der Waals surface area (Å²) in [5.41, 5.74) is 1.60. The Balaban J connectivity index is 1.78. The maximum Gasteiger partial charge on any atom is 0.241 e. The molecule has 1 fully saturated rings. The highest BCUT2D eigenvalue weighted by Crippen LogP contribution is 2.26. The van der Waals surface area contributed by atoms with Gasteiger partial charge in [-0.25, -0.2) is 13.1 Å². The number of hydrogen-bond acceptors (Lipinski definition) is 3. The smallest absolute Gasteiger partial charge is 0.241 e. The van der Waals surface area contributed by atoms with E-state index in [9.17, 15) is 13.2 Å². The van der Waals surface area contributed by atoms with E-state index < -0.39 is 10.0 Å². The molecule has 1 atom stereocenters. The molecule has 1 heterocycles. The van der Waals surface area contributed by atoms with Gasteiger partial charge in [0.2, 0.25) is 15.9 Å². The van der Waals surface area contributed by atoms with Crippen molar-refractivity contribution in [3.8, 4) is 0 Å². The van der Waals surface area contributed by atoms with E-state index in [1.807, 2.05) is 24.3 Å². The van der Waals surface area contributed by atoms with Crippen molar-refractivity contribution < 1.29 is 13.2 Å². The van der Waals surface area contributed by atoms with Gasteiger partial charge in [-0.3, -0.25) is 4.79 Å². The molecule has 7 heteroatoms. The van der Waals surface area contributed by atoms with Crippen LogP contribution in [0.25, 0.3) is 0 Å². The Morgan fingerprint density at radius 2 is 1.80 bits per heavy atom. The van der Waals surface area contributed by atoms with Gasteiger partial charge in [0, 0.05) is 29.2 Å². The Kier molecular flexibility index (Phi) is 5.27. The fourth-order valence-electron chi connectivity index (χ4n) is 2.92. The Bertz CT molecular complexity index is 881. The number of carbonyl (C=O) groups excluding carboxylic acids is 1. The molecule has 1 unspecified atom stereocenters. The Hall–Kier alpha value is -1.70. The largest absolute Gasteiger partial charge is 0.312 e. The van der Waals surface area contributed by atoms with Crippen molar-refractivity contribution >= 4 is 37.5 Å². The first-order chi connectivity index (χ1) is 11.9. The lowest BCUT2D eigenvalue weighted by Crippen LogP contribution is -2.27. The second-order valence-electron chi connectivity index (χ2n) is 6.01. The lowest BCUT2D eigenvalue weighted by molar-refractivity contribution is -0.117. The number of halogens is 1. The highest BCUT2D eigenvalue weighted by molar-refractivity contribution is 9.10. The molecule has 0 bridgehead atoms. The summed E-state index contributed by atoms with van der Waals surface area (Å²) >= 11 is 3.44.